The van der Waals surface area contributed by atoms with Crippen LogP contribution in [0.15, 0.2) is 18.3 Å². The summed E-state index contributed by atoms with van der Waals surface area (Å²) in [6.07, 6.45) is 6.05. The van der Waals surface area contributed by atoms with Crippen LogP contribution in [0.5, 0.6) is 0 Å². The van der Waals surface area contributed by atoms with Crippen LogP contribution in [0.2, 0.25) is 0 Å². The number of fused-ring (bicyclic) bond motifs is 1. The molecule has 0 N–H and O–H groups in total. The van der Waals surface area contributed by atoms with Crippen LogP contribution in [0.3, 0.4) is 0 Å². The van der Waals surface area contributed by atoms with E-state index in [0.29, 0.717) is 12.1 Å². The largest absolute Gasteiger partial charge is 0.303 e. The minimum atomic E-state index is 0.436. The molecule has 0 radical (unpaired) electrons. The smallest absolute Gasteiger partial charge is 0.161 e. The molecule has 2 saturated heterocycles. The molecule has 0 saturated carbocycles. The van der Waals surface area contributed by atoms with Gasteiger partial charge >= 0.3 is 0 Å². The third kappa shape index (κ3) is 2.56. The summed E-state index contributed by atoms with van der Waals surface area (Å²) in [6, 6.07) is 4.11. The highest BCUT2D eigenvalue weighted by Gasteiger charge is 2.33. The van der Waals surface area contributed by atoms with Gasteiger partial charge in [0.2, 0.25) is 0 Å². The SMILES string of the molecule is CCN1CCC(c2nc3cccnc3n2C2CCCN2CC)C1. The maximum absolute atomic E-state index is 5.02. The molecule has 0 amide bonds. The van der Waals surface area contributed by atoms with Gasteiger partial charge in [-0.3, -0.25) is 9.47 Å². The van der Waals surface area contributed by atoms with Crippen molar-refractivity contribution in [2.75, 3.05) is 32.7 Å². The molecule has 23 heavy (non-hydrogen) atoms. The Kier molecular flexibility index (Phi) is 4.07. The summed E-state index contributed by atoms with van der Waals surface area (Å²) in [6.45, 7) is 10.3. The van der Waals surface area contributed by atoms with Crippen molar-refractivity contribution >= 4 is 11.2 Å². The van der Waals surface area contributed by atoms with E-state index in [-0.39, 0.29) is 0 Å². The molecule has 2 aliphatic heterocycles. The van der Waals surface area contributed by atoms with Crippen molar-refractivity contribution in [3.05, 3.63) is 24.2 Å². The summed E-state index contributed by atoms with van der Waals surface area (Å²) in [4.78, 5) is 14.8. The molecule has 124 valence electrons. The molecule has 5 nitrogen and oxygen atoms in total. The Labute approximate surface area is 138 Å². The summed E-state index contributed by atoms with van der Waals surface area (Å²) in [5.41, 5.74) is 2.13. The molecule has 2 atom stereocenters. The number of likely N-dealkylation sites (N-methyl/N-ethyl adjacent to an activating group) is 1. The van der Waals surface area contributed by atoms with E-state index in [4.69, 9.17) is 4.98 Å². The third-order valence-electron chi connectivity index (χ3n) is 5.59. The summed E-state index contributed by atoms with van der Waals surface area (Å²) in [5.74, 6) is 1.81. The number of imidazole rings is 1. The van der Waals surface area contributed by atoms with E-state index in [1.54, 1.807) is 0 Å². The minimum absolute atomic E-state index is 0.436. The van der Waals surface area contributed by atoms with Gasteiger partial charge in [-0.2, -0.15) is 0 Å². The van der Waals surface area contributed by atoms with Gasteiger partial charge < -0.3 is 4.90 Å². The highest BCUT2D eigenvalue weighted by Crippen LogP contribution is 2.35. The highest BCUT2D eigenvalue weighted by atomic mass is 15.3. The lowest BCUT2D eigenvalue weighted by Gasteiger charge is -2.27. The van der Waals surface area contributed by atoms with Gasteiger partial charge in [0.25, 0.3) is 0 Å². The Balaban J connectivity index is 1.79. The number of hydrogen-bond donors (Lipinski definition) is 0. The normalized spacial score (nSPS) is 26.5. The lowest BCUT2D eigenvalue weighted by atomic mass is 10.1. The first-order valence-electron chi connectivity index (χ1n) is 9.11. The first kappa shape index (κ1) is 15.1. The molecule has 2 aromatic rings. The molecular weight excluding hydrogens is 286 g/mol. The maximum atomic E-state index is 5.02. The molecule has 2 aliphatic rings. The number of rotatable bonds is 4. The van der Waals surface area contributed by atoms with Crippen molar-refractivity contribution in [3.8, 4) is 0 Å². The lowest BCUT2D eigenvalue weighted by molar-refractivity contribution is 0.201. The number of pyridine rings is 1. The van der Waals surface area contributed by atoms with Gasteiger partial charge in [0.15, 0.2) is 5.65 Å². The fourth-order valence-electron chi connectivity index (χ4n) is 4.33. The van der Waals surface area contributed by atoms with E-state index in [1.807, 2.05) is 12.3 Å². The summed E-state index contributed by atoms with van der Waals surface area (Å²) < 4.78 is 2.47. The average Bonchev–Trinajstić information content (AvgIpc) is 3.30. The summed E-state index contributed by atoms with van der Waals surface area (Å²) >= 11 is 0. The first-order chi connectivity index (χ1) is 11.3. The maximum Gasteiger partial charge on any atom is 0.161 e. The van der Waals surface area contributed by atoms with Crippen molar-refractivity contribution in [3.63, 3.8) is 0 Å². The molecular formula is C18H27N5. The Morgan fingerprint density at radius 3 is 2.87 bits per heavy atom. The second-order valence-corrected chi connectivity index (χ2v) is 6.82. The standard InChI is InChI=1S/C18H27N5/c1-3-21-12-9-14(13-21)17-20-15-7-5-10-19-18(15)23(17)16-8-6-11-22(16)4-2/h5,7,10,14,16H,3-4,6,8-9,11-13H2,1-2H3. The molecule has 2 fully saturated rings. The molecule has 0 bridgehead atoms. The second-order valence-electron chi connectivity index (χ2n) is 6.82. The summed E-state index contributed by atoms with van der Waals surface area (Å²) in [5, 5.41) is 0. The Morgan fingerprint density at radius 2 is 2.09 bits per heavy atom. The average molecular weight is 313 g/mol. The molecule has 4 heterocycles. The van der Waals surface area contributed by atoms with Crippen molar-refractivity contribution in [1.82, 2.24) is 24.3 Å². The van der Waals surface area contributed by atoms with Crippen LogP contribution in [0.1, 0.15) is 51.0 Å². The number of aromatic nitrogens is 3. The fraction of sp³-hybridized carbons (Fsp3) is 0.667. The van der Waals surface area contributed by atoms with Gasteiger partial charge in [-0.1, -0.05) is 13.8 Å². The fourth-order valence-corrected chi connectivity index (χ4v) is 4.33. The van der Waals surface area contributed by atoms with Crippen LogP contribution in [-0.4, -0.2) is 57.1 Å². The van der Waals surface area contributed by atoms with Crippen molar-refractivity contribution in [1.29, 1.82) is 0 Å². The third-order valence-corrected chi connectivity index (χ3v) is 5.59. The van der Waals surface area contributed by atoms with E-state index >= 15 is 0 Å². The van der Waals surface area contributed by atoms with Crippen LogP contribution in [0.25, 0.3) is 11.2 Å². The van der Waals surface area contributed by atoms with Crippen LogP contribution in [-0.2, 0) is 0 Å². The van der Waals surface area contributed by atoms with E-state index in [9.17, 15) is 0 Å². The molecule has 2 aromatic heterocycles. The zero-order valence-electron chi connectivity index (χ0n) is 14.3. The monoisotopic (exact) mass is 313 g/mol. The number of nitrogens with zero attached hydrogens (tertiary/aromatic N) is 5. The van der Waals surface area contributed by atoms with E-state index in [1.165, 1.54) is 38.2 Å². The molecule has 0 aliphatic carbocycles. The Morgan fingerprint density at radius 1 is 1.17 bits per heavy atom. The van der Waals surface area contributed by atoms with Crippen LogP contribution in [0.4, 0.5) is 0 Å². The van der Waals surface area contributed by atoms with Gasteiger partial charge in [0.05, 0.1) is 6.17 Å². The minimum Gasteiger partial charge on any atom is -0.303 e. The van der Waals surface area contributed by atoms with Crippen LogP contribution >= 0.6 is 0 Å². The zero-order valence-corrected chi connectivity index (χ0v) is 14.3. The second kappa shape index (κ2) is 6.21. The quantitative estimate of drug-likeness (QED) is 0.870. The Bertz CT molecular complexity index is 679. The Hall–Kier alpha value is -1.46. The van der Waals surface area contributed by atoms with E-state index < -0.39 is 0 Å². The van der Waals surface area contributed by atoms with Gasteiger partial charge in [-0.05, 0) is 51.0 Å². The van der Waals surface area contributed by atoms with Gasteiger partial charge in [0, 0.05) is 25.2 Å². The van der Waals surface area contributed by atoms with E-state index in [0.717, 1.165) is 30.8 Å². The van der Waals surface area contributed by atoms with Crippen molar-refractivity contribution < 1.29 is 0 Å². The molecule has 2 unspecified atom stereocenters. The van der Waals surface area contributed by atoms with Crippen molar-refractivity contribution in [2.45, 2.75) is 45.2 Å². The predicted molar refractivity (Wildman–Crippen MR) is 92.5 cm³/mol. The highest BCUT2D eigenvalue weighted by molar-refractivity contribution is 5.71. The molecule has 0 spiro atoms. The summed E-state index contributed by atoms with van der Waals surface area (Å²) in [7, 11) is 0. The molecule has 0 aromatic carbocycles. The number of hydrogen-bond acceptors (Lipinski definition) is 4. The van der Waals surface area contributed by atoms with Gasteiger partial charge in [0.1, 0.15) is 11.3 Å². The predicted octanol–water partition coefficient (Wildman–Crippen LogP) is 2.85. The lowest BCUT2D eigenvalue weighted by Crippen LogP contribution is -2.29. The van der Waals surface area contributed by atoms with E-state index in [2.05, 4.69) is 39.3 Å². The van der Waals surface area contributed by atoms with Crippen molar-refractivity contribution in [2.24, 2.45) is 0 Å². The van der Waals surface area contributed by atoms with Crippen LogP contribution in [0, 0.1) is 0 Å². The van der Waals surface area contributed by atoms with Gasteiger partial charge in [-0.15, -0.1) is 0 Å². The number of likely N-dealkylation sites (tertiary alicyclic amines) is 2. The first-order valence-corrected chi connectivity index (χ1v) is 9.11. The van der Waals surface area contributed by atoms with Crippen LogP contribution < -0.4 is 0 Å². The van der Waals surface area contributed by atoms with Gasteiger partial charge in [-0.25, -0.2) is 9.97 Å². The molecule has 4 rings (SSSR count). The molecule has 5 heteroatoms. The zero-order chi connectivity index (χ0) is 15.8. The topological polar surface area (TPSA) is 37.2 Å².